The molecule has 0 aromatic carbocycles. The Balaban J connectivity index is 2.43. The summed E-state index contributed by atoms with van der Waals surface area (Å²) in [5.74, 6) is -0.115. The molecule has 2 saturated carbocycles. The molecule has 3 N–H and O–H groups in total. The van der Waals surface area contributed by atoms with E-state index in [2.05, 4.69) is 6.92 Å². The van der Waals surface area contributed by atoms with Gasteiger partial charge in [-0.25, -0.2) is 0 Å². The molecule has 3 heteroatoms. The third-order valence-corrected chi connectivity index (χ3v) is 5.77. The van der Waals surface area contributed by atoms with Crippen LogP contribution in [-0.4, -0.2) is 32.6 Å². The van der Waals surface area contributed by atoms with Gasteiger partial charge in [0.2, 0.25) is 0 Å². The second-order valence-electron chi connectivity index (χ2n) is 7.43. The fraction of sp³-hybridized carbons (Fsp3) is 1.00. The second-order valence-corrected chi connectivity index (χ2v) is 7.43. The Morgan fingerprint density at radius 2 is 1.61 bits per heavy atom. The maximum absolute atomic E-state index is 11.0. The first-order chi connectivity index (χ1) is 8.13. The summed E-state index contributed by atoms with van der Waals surface area (Å²) in [7, 11) is 0. The lowest BCUT2D eigenvalue weighted by molar-refractivity contribution is -0.163. The first-order valence-electron chi connectivity index (χ1n) is 7.26. The van der Waals surface area contributed by atoms with Crippen molar-refractivity contribution in [3.05, 3.63) is 0 Å². The van der Waals surface area contributed by atoms with Crippen LogP contribution in [-0.2, 0) is 0 Å². The Kier molecular flexibility index (Phi) is 3.33. The van der Waals surface area contributed by atoms with Crippen LogP contribution in [0.2, 0.25) is 0 Å². The quantitative estimate of drug-likeness (QED) is 0.673. The van der Waals surface area contributed by atoms with Crippen molar-refractivity contribution in [2.75, 3.05) is 0 Å². The normalized spacial score (nSPS) is 53.3. The Hall–Kier alpha value is -0.120. The number of aliphatic hydroxyl groups excluding tert-OH is 1. The number of rotatable bonds is 1. The van der Waals surface area contributed by atoms with Crippen molar-refractivity contribution in [2.24, 2.45) is 17.3 Å². The highest BCUT2D eigenvalue weighted by atomic mass is 16.3. The van der Waals surface area contributed by atoms with E-state index in [0.29, 0.717) is 6.42 Å². The highest BCUT2D eigenvalue weighted by Gasteiger charge is 2.61. The maximum atomic E-state index is 11.0. The van der Waals surface area contributed by atoms with Crippen LogP contribution in [0.15, 0.2) is 0 Å². The van der Waals surface area contributed by atoms with E-state index in [1.165, 1.54) is 0 Å². The molecule has 0 aromatic heterocycles. The number of hydrogen-bond donors (Lipinski definition) is 3. The molecule has 2 fully saturated rings. The van der Waals surface area contributed by atoms with E-state index in [-0.39, 0.29) is 17.3 Å². The SMILES string of the molecule is CC(C)C1(O)CCC2(C)CCCC(C)(O)C(O)C21. The van der Waals surface area contributed by atoms with Crippen LogP contribution in [0, 0.1) is 17.3 Å². The molecule has 2 rings (SSSR count). The minimum absolute atomic E-state index is 0.0427. The largest absolute Gasteiger partial charge is 0.390 e. The van der Waals surface area contributed by atoms with Crippen molar-refractivity contribution >= 4 is 0 Å². The predicted octanol–water partition coefficient (Wildman–Crippen LogP) is 2.09. The average molecular weight is 256 g/mol. The zero-order valence-electron chi connectivity index (χ0n) is 12.1. The molecule has 0 aromatic rings. The number of aliphatic hydroxyl groups is 3. The molecule has 0 saturated heterocycles. The van der Waals surface area contributed by atoms with Crippen LogP contribution < -0.4 is 0 Å². The molecule has 5 atom stereocenters. The van der Waals surface area contributed by atoms with Gasteiger partial charge in [0.1, 0.15) is 0 Å². The van der Waals surface area contributed by atoms with Crippen LogP contribution >= 0.6 is 0 Å². The lowest BCUT2D eigenvalue weighted by Crippen LogP contribution is -2.55. The number of fused-ring (bicyclic) bond motifs is 1. The van der Waals surface area contributed by atoms with Gasteiger partial charge >= 0.3 is 0 Å². The van der Waals surface area contributed by atoms with Gasteiger partial charge in [-0.1, -0.05) is 20.8 Å². The fourth-order valence-corrected chi connectivity index (χ4v) is 4.34. The van der Waals surface area contributed by atoms with Crippen LogP contribution in [0.5, 0.6) is 0 Å². The van der Waals surface area contributed by atoms with Gasteiger partial charge in [0.15, 0.2) is 0 Å². The number of hydrogen-bond acceptors (Lipinski definition) is 3. The summed E-state index contributed by atoms with van der Waals surface area (Å²) in [4.78, 5) is 0. The van der Waals surface area contributed by atoms with E-state index in [1.54, 1.807) is 6.92 Å². The van der Waals surface area contributed by atoms with Crippen molar-refractivity contribution in [1.82, 2.24) is 0 Å². The summed E-state index contributed by atoms with van der Waals surface area (Å²) >= 11 is 0. The molecule has 0 amide bonds. The van der Waals surface area contributed by atoms with Crippen molar-refractivity contribution in [1.29, 1.82) is 0 Å². The molecule has 3 nitrogen and oxygen atoms in total. The zero-order valence-corrected chi connectivity index (χ0v) is 12.1. The van der Waals surface area contributed by atoms with Crippen molar-refractivity contribution in [3.8, 4) is 0 Å². The highest BCUT2D eigenvalue weighted by molar-refractivity contribution is 5.11. The molecule has 106 valence electrons. The zero-order chi connectivity index (χ0) is 13.8. The predicted molar refractivity (Wildman–Crippen MR) is 71.1 cm³/mol. The summed E-state index contributed by atoms with van der Waals surface area (Å²) < 4.78 is 0. The molecule has 0 radical (unpaired) electrons. The summed E-state index contributed by atoms with van der Waals surface area (Å²) in [5, 5.41) is 32.0. The summed E-state index contributed by atoms with van der Waals surface area (Å²) in [6, 6.07) is 0. The van der Waals surface area contributed by atoms with Crippen molar-refractivity contribution in [2.45, 2.75) is 77.1 Å². The van der Waals surface area contributed by atoms with Gasteiger partial charge in [0.25, 0.3) is 0 Å². The first kappa shape index (κ1) is 14.3. The summed E-state index contributed by atoms with van der Waals surface area (Å²) in [6.07, 6.45) is 3.37. The van der Waals surface area contributed by atoms with Crippen molar-refractivity contribution in [3.63, 3.8) is 0 Å². The van der Waals surface area contributed by atoms with Crippen LogP contribution in [0.4, 0.5) is 0 Å². The van der Waals surface area contributed by atoms with Gasteiger partial charge in [0.05, 0.1) is 17.3 Å². The van der Waals surface area contributed by atoms with Crippen LogP contribution in [0.1, 0.15) is 59.8 Å². The molecule has 0 aliphatic heterocycles. The van der Waals surface area contributed by atoms with E-state index >= 15 is 0 Å². The smallest absolute Gasteiger partial charge is 0.0885 e. The minimum atomic E-state index is -1.07. The van der Waals surface area contributed by atoms with Gasteiger partial charge in [-0.05, 0) is 50.4 Å². The maximum Gasteiger partial charge on any atom is 0.0885 e. The van der Waals surface area contributed by atoms with Gasteiger partial charge in [-0.15, -0.1) is 0 Å². The average Bonchev–Trinajstić information content (AvgIpc) is 2.46. The van der Waals surface area contributed by atoms with Crippen molar-refractivity contribution < 1.29 is 15.3 Å². The topological polar surface area (TPSA) is 60.7 Å². The van der Waals surface area contributed by atoms with Crippen LogP contribution in [0.25, 0.3) is 0 Å². The second kappa shape index (κ2) is 4.19. The van der Waals surface area contributed by atoms with Gasteiger partial charge in [-0.3, -0.25) is 0 Å². The Morgan fingerprint density at radius 3 is 2.17 bits per heavy atom. The van der Waals surface area contributed by atoms with Gasteiger partial charge in [0, 0.05) is 5.92 Å². The van der Waals surface area contributed by atoms with Crippen LogP contribution in [0.3, 0.4) is 0 Å². The minimum Gasteiger partial charge on any atom is -0.390 e. The first-order valence-corrected chi connectivity index (χ1v) is 7.26. The molecule has 2 aliphatic rings. The molecule has 0 spiro atoms. The summed E-state index contributed by atoms with van der Waals surface area (Å²) in [6.45, 7) is 7.90. The van der Waals surface area contributed by atoms with Gasteiger partial charge in [-0.2, -0.15) is 0 Å². The Labute approximate surface area is 110 Å². The molecular formula is C15H28O3. The molecule has 5 unspecified atom stereocenters. The third-order valence-electron chi connectivity index (χ3n) is 5.77. The Morgan fingerprint density at radius 1 is 1.00 bits per heavy atom. The standard InChI is InChI=1S/C15H28O3/c1-10(2)15(18)9-8-13(3)6-5-7-14(4,17)12(16)11(13)15/h10-12,16-18H,5-9H2,1-4H3. The third kappa shape index (κ3) is 1.91. The van der Waals surface area contributed by atoms with E-state index in [4.69, 9.17) is 0 Å². The van der Waals surface area contributed by atoms with E-state index in [1.807, 2.05) is 13.8 Å². The fourth-order valence-electron chi connectivity index (χ4n) is 4.34. The van der Waals surface area contributed by atoms with Gasteiger partial charge < -0.3 is 15.3 Å². The van der Waals surface area contributed by atoms with E-state index in [0.717, 1.165) is 25.7 Å². The highest BCUT2D eigenvalue weighted by Crippen LogP contribution is 2.58. The molecular weight excluding hydrogens is 228 g/mol. The Bertz CT molecular complexity index is 322. The van der Waals surface area contributed by atoms with E-state index in [9.17, 15) is 15.3 Å². The lowest BCUT2D eigenvalue weighted by Gasteiger charge is -2.45. The molecule has 2 aliphatic carbocycles. The van der Waals surface area contributed by atoms with E-state index < -0.39 is 17.3 Å². The lowest BCUT2D eigenvalue weighted by atomic mass is 9.66. The monoisotopic (exact) mass is 256 g/mol. The molecule has 18 heavy (non-hydrogen) atoms. The summed E-state index contributed by atoms with van der Waals surface area (Å²) in [5.41, 5.74) is -1.96. The molecule has 0 heterocycles. The molecule has 0 bridgehead atoms.